The highest BCUT2D eigenvalue weighted by Crippen LogP contribution is 2.15. The minimum Gasteiger partial charge on any atom is -0.395 e. The van der Waals surface area contributed by atoms with E-state index in [0.717, 1.165) is 18.5 Å². The first-order valence-electron chi connectivity index (χ1n) is 5.93. The summed E-state index contributed by atoms with van der Waals surface area (Å²) in [5, 5.41) is 17.9. The molecule has 3 nitrogen and oxygen atoms in total. The zero-order chi connectivity index (χ0) is 12.5. The molecule has 0 bridgehead atoms. The minimum absolute atomic E-state index is 0.0913. The lowest BCUT2D eigenvalue weighted by molar-refractivity contribution is 0.281. The minimum atomic E-state index is 0.0913. The topological polar surface area (TPSA) is 43.7 Å². The van der Waals surface area contributed by atoms with Crippen LogP contribution < -0.4 is 4.90 Å². The Morgan fingerprint density at radius 1 is 1.00 bits per heavy atom. The normalized spacial score (nSPS) is 10.5. The van der Waals surface area contributed by atoms with Gasteiger partial charge in [-0.1, -0.05) is 12.1 Å². The van der Waals surface area contributed by atoms with Crippen LogP contribution in [-0.2, 0) is 6.42 Å². The standard InChI is InChI=1S/C13H20ClNO2/c14-7-1-2-12-3-5-13(6-4-12)15(8-10-16)9-11-17/h3-6,16-17H,1-2,7-11H2. The molecule has 0 heterocycles. The third-order valence-corrected chi connectivity index (χ3v) is 2.91. The number of benzene rings is 1. The summed E-state index contributed by atoms with van der Waals surface area (Å²) in [6.45, 7) is 1.27. The molecule has 0 saturated carbocycles. The molecule has 0 atom stereocenters. The molecule has 0 fully saturated rings. The van der Waals surface area contributed by atoms with E-state index in [9.17, 15) is 0 Å². The van der Waals surface area contributed by atoms with Gasteiger partial charge in [0.15, 0.2) is 0 Å². The maximum atomic E-state index is 8.96. The second-order valence-electron chi connectivity index (χ2n) is 3.89. The van der Waals surface area contributed by atoms with Crippen LogP contribution in [0.2, 0.25) is 0 Å². The lowest BCUT2D eigenvalue weighted by Gasteiger charge is -2.23. The van der Waals surface area contributed by atoms with Crippen LogP contribution in [0.25, 0.3) is 0 Å². The lowest BCUT2D eigenvalue weighted by Crippen LogP contribution is -2.29. The summed E-state index contributed by atoms with van der Waals surface area (Å²) >= 11 is 5.65. The third kappa shape index (κ3) is 4.94. The van der Waals surface area contributed by atoms with Crippen molar-refractivity contribution in [3.63, 3.8) is 0 Å². The summed E-state index contributed by atoms with van der Waals surface area (Å²) in [4.78, 5) is 1.96. The fourth-order valence-corrected chi connectivity index (χ4v) is 1.89. The fraction of sp³-hybridized carbons (Fsp3) is 0.538. The number of anilines is 1. The quantitative estimate of drug-likeness (QED) is 0.696. The zero-order valence-electron chi connectivity index (χ0n) is 9.98. The van der Waals surface area contributed by atoms with Crippen molar-refractivity contribution in [3.05, 3.63) is 29.8 Å². The maximum Gasteiger partial charge on any atom is 0.0606 e. The van der Waals surface area contributed by atoms with Crippen LogP contribution in [0.1, 0.15) is 12.0 Å². The molecule has 0 aromatic heterocycles. The van der Waals surface area contributed by atoms with E-state index in [0.29, 0.717) is 19.0 Å². The summed E-state index contributed by atoms with van der Waals surface area (Å²) in [6.07, 6.45) is 1.97. The van der Waals surface area contributed by atoms with Gasteiger partial charge in [-0.25, -0.2) is 0 Å². The van der Waals surface area contributed by atoms with E-state index in [2.05, 4.69) is 12.1 Å². The smallest absolute Gasteiger partial charge is 0.0606 e. The van der Waals surface area contributed by atoms with Crippen LogP contribution in [0.5, 0.6) is 0 Å². The highest BCUT2D eigenvalue weighted by atomic mass is 35.5. The highest BCUT2D eigenvalue weighted by Gasteiger charge is 2.04. The van der Waals surface area contributed by atoms with Crippen LogP contribution in [-0.4, -0.2) is 42.4 Å². The second kappa shape index (κ2) is 8.34. The van der Waals surface area contributed by atoms with E-state index >= 15 is 0 Å². The van der Waals surface area contributed by atoms with Gasteiger partial charge in [-0.05, 0) is 30.5 Å². The Kier molecular flexibility index (Phi) is 7.01. The Labute approximate surface area is 108 Å². The lowest BCUT2D eigenvalue weighted by atomic mass is 10.1. The maximum absolute atomic E-state index is 8.96. The van der Waals surface area contributed by atoms with E-state index < -0.39 is 0 Å². The van der Waals surface area contributed by atoms with Gasteiger partial charge in [-0.2, -0.15) is 0 Å². The molecule has 0 unspecified atom stereocenters. The molecule has 0 saturated heterocycles. The molecule has 0 aliphatic carbocycles. The molecule has 0 amide bonds. The Balaban J connectivity index is 2.63. The van der Waals surface area contributed by atoms with Crippen LogP contribution in [0, 0.1) is 0 Å². The van der Waals surface area contributed by atoms with E-state index in [-0.39, 0.29) is 13.2 Å². The molecule has 0 aliphatic rings. The monoisotopic (exact) mass is 257 g/mol. The third-order valence-electron chi connectivity index (χ3n) is 2.64. The molecule has 0 radical (unpaired) electrons. The average Bonchev–Trinajstić information content (AvgIpc) is 2.37. The Hall–Kier alpha value is -0.770. The van der Waals surface area contributed by atoms with E-state index in [1.807, 2.05) is 17.0 Å². The van der Waals surface area contributed by atoms with Crippen molar-refractivity contribution in [2.24, 2.45) is 0 Å². The van der Waals surface area contributed by atoms with Crippen molar-refractivity contribution < 1.29 is 10.2 Å². The number of aryl methyl sites for hydroxylation is 1. The molecular weight excluding hydrogens is 238 g/mol. The SMILES string of the molecule is OCCN(CCO)c1ccc(CCCCl)cc1. The van der Waals surface area contributed by atoms with Gasteiger partial charge in [0.1, 0.15) is 0 Å². The summed E-state index contributed by atoms with van der Waals surface area (Å²) < 4.78 is 0. The molecule has 17 heavy (non-hydrogen) atoms. The zero-order valence-corrected chi connectivity index (χ0v) is 10.7. The molecule has 96 valence electrons. The van der Waals surface area contributed by atoms with Gasteiger partial charge in [0.25, 0.3) is 0 Å². The number of hydrogen-bond donors (Lipinski definition) is 2. The predicted molar refractivity (Wildman–Crippen MR) is 71.9 cm³/mol. The van der Waals surface area contributed by atoms with Crippen LogP contribution in [0.4, 0.5) is 5.69 Å². The average molecular weight is 258 g/mol. The number of nitrogens with zero attached hydrogens (tertiary/aromatic N) is 1. The summed E-state index contributed by atoms with van der Waals surface area (Å²) in [5.74, 6) is 0.683. The van der Waals surface area contributed by atoms with Gasteiger partial charge in [0.2, 0.25) is 0 Å². The number of alkyl halides is 1. The highest BCUT2D eigenvalue weighted by molar-refractivity contribution is 6.17. The van der Waals surface area contributed by atoms with E-state index in [1.54, 1.807) is 0 Å². The van der Waals surface area contributed by atoms with E-state index in [4.69, 9.17) is 21.8 Å². The van der Waals surface area contributed by atoms with Gasteiger partial charge in [0.05, 0.1) is 13.2 Å². The summed E-state index contributed by atoms with van der Waals surface area (Å²) in [5.41, 5.74) is 2.30. The number of rotatable bonds is 8. The molecular formula is C13H20ClNO2. The first-order chi connectivity index (χ1) is 8.31. The first kappa shape index (κ1) is 14.3. The van der Waals surface area contributed by atoms with Crippen molar-refractivity contribution in [3.8, 4) is 0 Å². The van der Waals surface area contributed by atoms with Crippen molar-refractivity contribution in [2.45, 2.75) is 12.8 Å². The van der Waals surface area contributed by atoms with E-state index in [1.165, 1.54) is 5.56 Å². The molecule has 1 rings (SSSR count). The fourth-order valence-electron chi connectivity index (χ4n) is 1.76. The summed E-state index contributed by atoms with van der Waals surface area (Å²) in [7, 11) is 0. The molecule has 4 heteroatoms. The van der Waals surface area contributed by atoms with Crippen LogP contribution in [0.15, 0.2) is 24.3 Å². The van der Waals surface area contributed by atoms with Gasteiger partial charge in [0, 0.05) is 24.7 Å². The molecule has 1 aromatic rings. The van der Waals surface area contributed by atoms with Crippen molar-refractivity contribution in [1.82, 2.24) is 0 Å². The summed E-state index contributed by atoms with van der Waals surface area (Å²) in [6, 6.07) is 8.19. The number of halogens is 1. The number of aliphatic hydroxyl groups is 2. The molecule has 0 spiro atoms. The van der Waals surface area contributed by atoms with Crippen LogP contribution >= 0.6 is 11.6 Å². The van der Waals surface area contributed by atoms with Crippen molar-refractivity contribution in [1.29, 1.82) is 0 Å². The van der Waals surface area contributed by atoms with Gasteiger partial charge >= 0.3 is 0 Å². The van der Waals surface area contributed by atoms with Gasteiger partial charge in [-0.3, -0.25) is 0 Å². The van der Waals surface area contributed by atoms with Crippen molar-refractivity contribution >= 4 is 17.3 Å². The number of aliphatic hydroxyl groups excluding tert-OH is 2. The Morgan fingerprint density at radius 2 is 1.59 bits per heavy atom. The molecule has 0 aliphatic heterocycles. The Morgan fingerprint density at radius 3 is 2.06 bits per heavy atom. The van der Waals surface area contributed by atoms with Crippen LogP contribution in [0.3, 0.4) is 0 Å². The van der Waals surface area contributed by atoms with Crippen molar-refractivity contribution in [2.75, 3.05) is 37.1 Å². The second-order valence-corrected chi connectivity index (χ2v) is 4.27. The largest absolute Gasteiger partial charge is 0.395 e. The van der Waals surface area contributed by atoms with Gasteiger partial charge < -0.3 is 15.1 Å². The predicted octanol–water partition coefficient (Wildman–Crippen LogP) is 1.65. The first-order valence-corrected chi connectivity index (χ1v) is 6.47. The van der Waals surface area contributed by atoms with Gasteiger partial charge in [-0.15, -0.1) is 11.6 Å². The number of hydrogen-bond acceptors (Lipinski definition) is 3. The molecule has 2 N–H and O–H groups in total. The Bertz CT molecular complexity index is 297. The molecule has 1 aromatic carbocycles.